The van der Waals surface area contributed by atoms with E-state index in [0.717, 1.165) is 42.0 Å². The third kappa shape index (κ3) is 3.82. The van der Waals surface area contributed by atoms with Crippen molar-refractivity contribution in [3.05, 3.63) is 41.6 Å². The van der Waals surface area contributed by atoms with Crippen LogP contribution in [0.5, 0.6) is 0 Å². The Bertz CT molecular complexity index is 864. The number of ether oxygens (including phenoxy) is 1. The molecule has 1 saturated heterocycles. The number of esters is 1. The molecule has 2 atom stereocenters. The molecule has 1 saturated carbocycles. The molecule has 0 radical (unpaired) electrons. The number of carbonyl (C=O) groups is 2. The number of carbonyl (C=O) groups excluding carboxylic acids is 2. The van der Waals surface area contributed by atoms with Crippen LogP contribution < -0.4 is 0 Å². The molecule has 1 aromatic carbocycles. The monoisotopic (exact) mass is 366 g/mol. The highest BCUT2D eigenvalue weighted by Gasteiger charge is 2.33. The Morgan fingerprint density at radius 2 is 1.93 bits per heavy atom. The van der Waals surface area contributed by atoms with Crippen LogP contribution in [0.2, 0.25) is 0 Å². The number of rotatable bonds is 3. The lowest BCUT2D eigenvalue weighted by molar-refractivity contribution is -0.137. The minimum atomic E-state index is -0.461. The molecule has 4 rings (SSSR count). The Morgan fingerprint density at radius 3 is 2.78 bits per heavy atom. The number of hydrogen-bond donors (Lipinski definition) is 0. The van der Waals surface area contributed by atoms with Crippen LogP contribution in [0.1, 0.15) is 48.2 Å². The van der Waals surface area contributed by atoms with Crippen LogP contribution >= 0.6 is 0 Å². The molecular formula is C22H26N2O3. The van der Waals surface area contributed by atoms with Gasteiger partial charge in [-0.1, -0.05) is 37.5 Å². The van der Waals surface area contributed by atoms with E-state index in [4.69, 9.17) is 4.74 Å². The van der Waals surface area contributed by atoms with Crippen molar-refractivity contribution in [2.75, 3.05) is 19.7 Å². The van der Waals surface area contributed by atoms with E-state index in [1.165, 1.54) is 25.7 Å². The first kappa shape index (κ1) is 18.0. The van der Waals surface area contributed by atoms with Crippen LogP contribution in [0, 0.1) is 18.8 Å². The van der Waals surface area contributed by atoms with Crippen LogP contribution in [-0.2, 0) is 9.53 Å². The molecule has 5 nitrogen and oxygen atoms in total. The Balaban J connectivity index is 1.40. The van der Waals surface area contributed by atoms with E-state index < -0.39 is 5.97 Å². The second kappa shape index (κ2) is 7.67. The molecule has 1 aromatic heterocycles. The summed E-state index contributed by atoms with van der Waals surface area (Å²) in [5.74, 6) is 0.857. The fraction of sp³-hybridized carbons (Fsp3) is 0.500. The van der Waals surface area contributed by atoms with Gasteiger partial charge in [-0.05, 0) is 43.7 Å². The molecule has 27 heavy (non-hydrogen) atoms. The zero-order valence-corrected chi connectivity index (χ0v) is 15.8. The predicted octanol–water partition coefficient (Wildman–Crippen LogP) is 3.74. The molecule has 1 aliphatic heterocycles. The average molecular weight is 366 g/mol. The summed E-state index contributed by atoms with van der Waals surface area (Å²) < 4.78 is 5.38. The molecule has 2 aliphatic rings. The number of aromatic nitrogens is 1. The minimum absolute atomic E-state index is 0.0811. The van der Waals surface area contributed by atoms with Gasteiger partial charge < -0.3 is 9.64 Å². The average Bonchev–Trinajstić information content (AvgIpc) is 2.70. The quantitative estimate of drug-likeness (QED) is 0.777. The third-order valence-corrected chi connectivity index (χ3v) is 6.03. The van der Waals surface area contributed by atoms with Gasteiger partial charge in [0.2, 0.25) is 0 Å². The van der Waals surface area contributed by atoms with Crippen LogP contribution in [0.25, 0.3) is 10.9 Å². The summed E-state index contributed by atoms with van der Waals surface area (Å²) in [5.41, 5.74) is 1.98. The summed E-state index contributed by atoms with van der Waals surface area (Å²) in [6, 6.07) is 9.22. The van der Waals surface area contributed by atoms with Crippen molar-refractivity contribution in [1.29, 1.82) is 0 Å². The Kier molecular flexibility index (Phi) is 5.10. The lowest BCUT2D eigenvalue weighted by atomic mass is 9.75. The molecule has 1 amide bonds. The standard InChI is InChI=1S/C22H26N2O3/c1-15-12-19(18-8-4-5-9-20(18)23-15)22(26)27-14-21(25)24-11-10-16-6-2-3-7-17(16)13-24/h4-5,8-9,12,16-17H,2-3,6-7,10-11,13-14H2,1H3/t16-,17-/m0/s1. The summed E-state index contributed by atoms with van der Waals surface area (Å²) in [6.45, 7) is 3.27. The first-order valence-electron chi connectivity index (χ1n) is 9.93. The van der Waals surface area contributed by atoms with Crippen LogP contribution in [-0.4, -0.2) is 41.5 Å². The van der Waals surface area contributed by atoms with E-state index in [1.54, 1.807) is 6.07 Å². The van der Waals surface area contributed by atoms with Gasteiger partial charge in [-0.25, -0.2) is 4.79 Å². The number of amides is 1. The van der Waals surface area contributed by atoms with Gasteiger partial charge in [0.25, 0.3) is 5.91 Å². The van der Waals surface area contributed by atoms with Crippen molar-refractivity contribution in [2.24, 2.45) is 11.8 Å². The smallest absolute Gasteiger partial charge is 0.339 e. The number of benzene rings is 1. The highest BCUT2D eigenvalue weighted by molar-refractivity contribution is 6.04. The number of likely N-dealkylation sites (tertiary alicyclic amines) is 1. The number of piperidine rings is 1. The number of aryl methyl sites for hydroxylation is 1. The second-order valence-corrected chi connectivity index (χ2v) is 7.84. The Hall–Kier alpha value is -2.43. The molecule has 5 heteroatoms. The van der Waals surface area contributed by atoms with E-state index >= 15 is 0 Å². The van der Waals surface area contributed by atoms with E-state index in [0.29, 0.717) is 11.5 Å². The first-order chi connectivity index (χ1) is 13.1. The number of hydrogen-bond acceptors (Lipinski definition) is 4. The normalized spacial score (nSPS) is 22.3. The van der Waals surface area contributed by atoms with Gasteiger partial charge in [-0.15, -0.1) is 0 Å². The molecular weight excluding hydrogens is 340 g/mol. The lowest BCUT2D eigenvalue weighted by Crippen LogP contribution is -2.46. The summed E-state index contributed by atoms with van der Waals surface area (Å²) in [7, 11) is 0. The van der Waals surface area contributed by atoms with Crippen LogP contribution in [0.4, 0.5) is 0 Å². The third-order valence-electron chi connectivity index (χ3n) is 6.03. The van der Waals surface area contributed by atoms with Gasteiger partial charge in [-0.2, -0.15) is 0 Å². The number of para-hydroxylation sites is 1. The maximum absolute atomic E-state index is 12.6. The maximum Gasteiger partial charge on any atom is 0.339 e. The molecule has 142 valence electrons. The maximum atomic E-state index is 12.6. The molecule has 2 heterocycles. The molecule has 0 bridgehead atoms. The number of pyridine rings is 1. The second-order valence-electron chi connectivity index (χ2n) is 7.84. The molecule has 2 fully saturated rings. The number of fused-ring (bicyclic) bond motifs is 2. The fourth-order valence-corrected chi connectivity index (χ4v) is 4.60. The van der Waals surface area contributed by atoms with E-state index in [-0.39, 0.29) is 12.5 Å². The largest absolute Gasteiger partial charge is 0.452 e. The van der Waals surface area contributed by atoms with Gasteiger partial charge in [0, 0.05) is 24.2 Å². The zero-order chi connectivity index (χ0) is 18.8. The number of nitrogens with zero attached hydrogens (tertiary/aromatic N) is 2. The molecule has 0 N–H and O–H groups in total. The van der Waals surface area contributed by atoms with Gasteiger partial charge >= 0.3 is 5.97 Å². The summed E-state index contributed by atoms with van der Waals surface area (Å²) in [6.07, 6.45) is 6.20. The Morgan fingerprint density at radius 1 is 1.15 bits per heavy atom. The summed E-state index contributed by atoms with van der Waals surface area (Å²) >= 11 is 0. The van der Waals surface area contributed by atoms with Crippen molar-refractivity contribution >= 4 is 22.8 Å². The molecule has 1 aliphatic carbocycles. The molecule has 0 spiro atoms. The SMILES string of the molecule is Cc1cc(C(=O)OCC(=O)N2CC[C@@H]3CCCC[C@H]3C2)c2ccccc2n1. The zero-order valence-electron chi connectivity index (χ0n) is 15.8. The van der Waals surface area contributed by atoms with Crippen molar-refractivity contribution < 1.29 is 14.3 Å². The summed E-state index contributed by atoms with van der Waals surface area (Å²) in [4.78, 5) is 31.5. The van der Waals surface area contributed by atoms with Crippen LogP contribution in [0.15, 0.2) is 30.3 Å². The van der Waals surface area contributed by atoms with Crippen molar-refractivity contribution in [2.45, 2.75) is 39.0 Å². The van der Waals surface area contributed by atoms with Crippen molar-refractivity contribution in [1.82, 2.24) is 9.88 Å². The highest BCUT2D eigenvalue weighted by atomic mass is 16.5. The van der Waals surface area contributed by atoms with Gasteiger partial charge in [0.05, 0.1) is 11.1 Å². The van der Waals surface area contributed by atoms with Gasteiger partial charge in [0.1, 0.15) is 0 Å². The summed E-state index contributed by atoms with van der Waals surface area (Å²) in [5, 5.41) is 0.753. The molecule has 2 aromatic rings. The Labute approximate surface area is 159 Å². The first-order valence-corrected chi connectivity index (χ1v) is 9.93. The fourth-order valence-electron chi connectivity index (χ4n) is 4.60. The minimum Gasteiger partial charge on any atom is -0.452 e. The van der Waals surface area contributed by atoms with E-state index in [1.807, 2.05) is 36.1 Å². The topological polar surface area (TPSA) is 59.5 Å². The van der Waals surface area contributed by atoms with Gasteiger partial charge in [-0.3, -0.25) is 9.78 Å². The van der Waals surface area contributed by atoms with Crippen molar-refractivity contribution in [3.63, 3.8) is 0 Å². The van der Waals surface area contributed by atoms with Crippen molar-refractivity contribution in [3.8, 4) is 0 Å². The van der Waals surface area contributed by atoms with Gasteiger partial charge in [0.15, 0.2) is 6.61 Å². The predicted molar refractivity (Wildman–Crippen MR) is 103 cm³/mol. The highest BCUT2D eigenvalue weighted by Crippen LogP contribution is 2.36. The van der Waals surface area contributed by atoms with Crippen LogP contribution in [0.3, 0.4) is 0 Å². The van der Waals surface area contributed by atoms with E-state index in [2.05, 4.69) is 4.98 Å². The van der Waals surface area contributed by atoms with E-state index in [9.17, 15) is 9.59 Å². The molecule has 0 unspecified atom stereocenters. The lowest BCUT2D eigenvalue weighted by Gasteiger charge is -2.41.